The fraction of sp³-hybridized carbons (Fsp3) is 0.467. The molecular weight excluding hydrogens is 583 g/mol. The van der Waals surface area contributed by atoms with E-state index < -0.39 is 38.9 Å². The molecule has 2 amide bonds. The van der Waals surface area contributed by atoms with Crippen LogP contribution in [-0.4, -0.2) is 49.4 Å². The molecule has 0 spiro atoms. The van der Waals surface area contributed by atoms with Gasteiger partial charge in [0.1, 0.15) is 0 Å². The molecule has 0 saturated carbocycles. The lowest BCUT2D eigenvalue weighted by Crippen LogP contribution is -2.43. The number of alkyl halides is 3. The van der Waals surface area contributed by atoms with Gasteiger partial charge >= 0.3 is 12.2 Å². The van der Waals surface area contributed by atoms with Crippen molar-refractivity contribution in [3.63, 3.8) is 0 Å². The minimum absolute atomic E-state index is 0.0890. The van der Waals surface area contributed by atoms with Gasteiger partial charge in [0.15, 0.2) is 0 Å². The second-order valence-corrected chi connectivity index (χ2v) is 13.0. The predicted octanol–water partition coefficient (Wildman–Crippen LogP) is 5.54. The number of benzene rings is 2. The second kappa shape index (κ2) is 13.1. The number of aromatic nitrogens is 1. The average molecular weight is 622 g/mol. The van der Waals surface area contributed by atoms with Gasteiger partial charge in [0, 0.05) is 53.9 Å². The molecule has 9 nitrogen and oxygen atoms in total. The maximum atomic E-state index is 13.8. The number of nitrogens with one attached hydrogen (secondary N) is 4. The third-order valence-electron chi connectivity index (χ3n) is 7.74. The van der Waals surface area contributed by atoms with E-state index in [2.05, 4.69) is 20.9 Å². The Morgan fingerprint density at radius 3 is 2.44 bits per heavy atom. The third kappa shape index (κ3) is 7.39. The summed E-state index contributed by atoms with van der Waals surface area (Å²) >= 11 is 0. The zero-order chi connectivity index (χ0) is 31.4. The lowest BCUT2D eigenvalue weighted by atomic mass is 9.84. The van der Waals surface area contributed by atoms with Crippen LogP contribution in [0.25, 0.3) is 10.9 Å². The van der Waals surface area contributed by atoms with Crippen LogP contribution in [0.2, 0.25) is 0 Å². The average Bonchev–Trinajstić information content (AvgIpc) is 3.33. The van der Waals surface area contributed by atoms with Crippen LogP contribution < -0.4 is 21.5 Å². The molecule has 0 radical (unpaired) electrons. The molecule has 4 N–H and O–H groups in total. The molecule has 1 saturated heterocycles. The number of hydrogen-bond donors (Lipinski definition) is 4. The SMILES string of the molecule is CCCN(CCC)S(=O)(=O)c1cccc(NC(=O)NCC[C@@]2(c3ccc4[nH]c(=O)cc(C(F)(F)F)c4c3)CC[C@@H](C)N2)c1. The van der Waals surface area contributed by atoms with Crippen molar-refractivity contribution in [3.05, 3.63) is 70.0 Å². The van der Waals surface area contributed by atoms with Crippen molar-refractivity contribution in [2.45, 2.75) is 75.5 Å². The summed E-state index contributed by atoms with van der Waals surface area (Å²) < 4.78 is 69.1. The highest BCUT2D eigenvalue weighted by molar-refractivity contribution is 7.89. The molecule has 1 fully saturated rings. The van der Waals surface area contributed by atoms with Crippen molar-refractivity contribution < 1.29 is 26.4 Å². The maximum absolute atomic E-state index is 13.8. The van der Waals surface area contributed by atoms with Gasteiger partial charge in [-0.25, -0.2) is 13.2 Å². The van der Waals surface area contributed by atoms with Crippen molar-refractivity contribution in [2.75, 3.05) is 25.0 Å². The standard InChI is InChI=1S/C30H38F3N5O4S/c1-4-15-38(16-5-2)43(41,42)23-8-6-7-22(18-23)35-28(40)34-14-13-29(12-11-20(3)37-29)21-9-10-26-24(17-21)25(30(31,32)33)19-27(39)36-26/h6-10,17-20,37H,4-5,11-16H2,1-3H3,(H,36,39)(H2,34,35,40)/t20-,29-/m1/s1. The van der Waals surface area contributed by atoms with E-state index >= 15 is 0 Å². The first-order valence-corrected chi connectivity index (χ1v) is 15.9. The van der Waals surface area contributed by atoms with Crippen LogP contribution in [0, 0.1) is 0 Å². The van der Waals surface area contributed by atoms with Gasteiger partial charge in [0.25, 0.3) is 0 Å². The Kier molecular flexibility index (Phi) is 9.87. The molecule has 13 heteroatoms. The number of halogens is 3. The van der Waals surface area contributed by atoms with Crippen molar-refractivity contribution in [1.82, 2.24) is 19.9 Å². The Balaban J connectivity index is 1.49. The molecule has 3 aromatic rings. The lowest BCUT2D eigenvalue weighted by Gasteiger charge is -2.32. The summed E-state index contributed by atoms with van der Waals surface area (Å²) in [5.41, 5.74) is -1.48. The van der Waals surface area contributed by atoms with Crippen LogP contribution in [0.1, 0.15) is 64.0 Å². The molecule has 1 aliphatic rings. The number of sulfonamides is 1. The molecule has 0 aliphatic carbocycles. The lowest BCUT2D eigenvalue weighted by molar-refractivity contribution is -0.136. The van der Waals surface area contributed by atoms with Gasteiger partial charge < -0.3 is 20.9 Å². The number of aromatic amines is 1. The van der Waals surface area contributed by atoms with Gasteiger partial charge in [0.05, 0.1) is 10.5 Å². The summed E-state index contributed by atoms with van der Waals surface area (Å²) in [7, 11) is -3.72. The first kappa shape index (κ1) is 32.5. The van der Waals surface area contributed by atoms with Crippen molar-refractivity contribution in [2.24, 2.45) is 0 Å². The summed E-state index contributed by atoms with van der Waals surface area (Å²) in [5.74, 6) is 0. The van der Waals surface area contributed by atoms with E-state index in [-0.39, 0.29) is 28.4 Å². The normalized spacial score (nSPS) is 19.2. The van der Waals surface area contributed by atoms with E-state index in [9.17, 15) is 31.2 Å². The molecule has 2 aromatic carbocycles. The van der Waals surface area contributed by atoms with Crippen molar-refractivity contribution >= 4 is 32.6 Å². The van der Waals surface area contributed by atoms with Crippen LogP contribution in [-0.2, 0) is 21.7 Å². The van der Waals surface area contributed by atoms with Gasteiger partial charge in [-0.2, -0.15) is 17.5 Å². The molecule has 4 rings (SSSR count). The summed E-state index contributed by atoms with van der Waals surface area (Å²) in [6, 6.07) is 10.9. The Hall–Kier alpha value is -3.42. The fourth-order valence-corrected chi connectivity index (χ4v) is 7.40. The molecule has 234 valence electrons. The quantitative estimate of drug-likeness (QED) is 0.224. The molecule has 1 aromatic heterocycles. The Morgan fingerprint density at radius 1 is 1.09 bits per heavy atom. The number of fused-ring (bicyclic) bond motifs is 1. The zero-order valence-corrected chi connectivity index (χ0v) is 25.3. The first-order valence-electron chi connectivity index (χ1n) is 14.5. The van der Waals surface area contributed by atoms with Crippen LogP contribution in [0.15, 0.2) is 58.2 Å². The highest BCUT2D eigenvalue weighted by atomic mass is 32.2. The smallest absolute Gasteiger partial charge is 0.338 e. The molecule has 0 bridgehead atoms. The van der Waals surface area contributed by atoms with Gasteiger partial charge in [-0.1, -0.05) is 26.0 Å². The summed E-state index contributed by atoms with van der Waals surface area (Å²) in [4.78, 5) is 27.2. The van der Waals surface area contributed by atoms with E-state index in [0.717, 1.165) is 6.42 Å². The highest BCUT2D eigenvalue weighted by Gasteiger charge is 2.39. The Morgan fingerprint density at radius 2 is 1.81 bits per heavy atom. The molecule has 2 heterocycles. The van der Waals surface area contributed by atoms with Gasteiger partial charge in [-0.3, -0.25) is 4.79 Å². The van der Waals surface area contributed by atoms with Crippen LogP contribution >= 0.6 is 0 Å². The topological polar surface area (TPSA) is 123 Å². The Bertz CT molecular complexity index is 1620. The Labute approximate surface area is 249 Å². The number of amides is 2. The van der Waals surface area contributed by atoms with E-state index in [1.807, 2.05) is 20.8 Å². The fourth-order valence-electron chi connectivity index (χ4n) is 5.73. The summed E-state index contributed by atoms with van der Waals surface area (Å²) in [6.45, 7) is 6.80. The largest absolute Gasteiger partial charge is 0.417 e. The number of pyridine rings is 1. The molecule has 1 aliphatic heterocycles. The number of H-pyrrole nitrogens is 1. The van der Waals surface area contributed by atoms with Crippen molar-refractivity contribution in [1.29, 1.82) is 0 Å². The van der Waals surface area contributed by atoms with Gasteiger partial charge in [-0.15, -0.1) is 0 Å². The minimum atomic E-state index is -4.70. The number of hydrogen-bond acceptors (Lipinski definition) is 5. The second-order valence-electron chi connectivity index (χ2n) is 11.0. The maximum Gasteiger partial charge on any atom is 0.417 e. The molecular formula is C30H38F3N5O4S. The van der Waals surface area contributed by atoms with Crippen LogP contribution in [0.3, 0.4) is 0 Å². The zero-order valence-electron chi connectivity index (χ0n) is 24.5. The number of carbonyl (C=O) groups is 1. The number of rotatable bonds is 11. The third-order valence-corrected chi connectivity index (χ3v) is 9.64. The van der Waals surface area contributed by atoms with E-state index in [4.69, 9.17) is 0 Å². The van der Waals surface area contributed by atoms with Gasteiger partial charge in [-0.05, 0) is 74.9 Å². The predicted molar refractivity (Wildman–Crippen MR) is 161 cm³/mol. The van der Waals surface area contributed by atoms with E-state index in [1.165, 1.54) is 28.6 Å². The van der Waals surface area contributed by atoms with Crippen molar-refractivity contribution in [3.8, 4) is 0 Å². The van der Waals surface area contributed by atoms with Crippen LogP contribution in [0.5, 0.6) is 0 Å². The number of nitrogens with zero attached hydrogens (tertiary/aromatic N) is 1. The molecule has 43 heavy (non-hydrogen) atoms. The molecule has 0 unspecified atom stereocenters. The monoisotopic (exact) mass is 621 g/mol. The minimum Gasteiger partial charge on any atom is -0.338 e. The number of anilines is 1. The highest BCUT2D eigenvalue weighted by Crippen LogP contribution is 2.40. The summed E-state index contributed by atoms with van der Waals surface area (Å²) in [5, 5.41) is 8.88. The number of urea groups is 1. The van der Waals surface area contributed by atoms with E-state index in [0.29, 0.717) is 56.1 Å². The number of carbonyl (C=O) groups excluding carboxylic acids is 1. The summed E-state index contributed by atoms with van der Waals surface area (Å²) in [6.07, 6.45) is -1.53. The molecule has 2 atom stereocenters. The van der Waals surface area contributed by atoms with Gasteiger partial charge in [0.2, 0.25) is 15.6 Å². The first-order chi connectivity index (χ1) is 20.3. The van der Waals surface area contributed by atoms with Crippen LogP contribution in [0.4, 0.5) is 23.7 Å². The van der Waals surface area contributed by atoms with E-state index in [1.54, 1.807) is 18.2 Å².